The highest BCUT2D eigenvalue weighted by Gasteiger charge is 2.21. The van der Waals surface area contributed by atoms with E-state index in [4.69, 9.17) is 0 Å². The number of fused-ring (bicyclic) bond motifs is 1. The van der Waals surface area contributed by atoms with Gasteiger partial charge in [0.1, 0.15) is 5.82 Å². The molecule has 4 rings (SSSR count). The summed E-state index contributed by atoms with van der Waals surface area (Å²) in [7, 11) is 0. The highest BCUT2D eigenvalue weighted by Crippen LogP contribution is 2.19. The average molecular weight is 436 g/mol. The molecule has 168 valence electrons. The summed E-state index contributed by atoms with van der Waals surface area (Å²) >= 11 is 0. The average Bonchev–Trinajstić information content (AvgIpc) is 2.80. The van der Waals surface area contributed by atoms with Crippen LogP contribution in [0.1, 0.15) is 55.7 Å². The van der Waals surface area contributed by atoms with Gasteiger partial charge in [0, 0.05) is 23.7 Å². The number of aryl methyl sites for hydroxylation is 1. The summed E-state index contributed by atoms with van der Waals surface area (Å²) < 4.78 is 13.4. The van der Waals surface area contributed by atoms with Gasteiger partial charge in [-0.3, -0.25) is 4.79 Å². The predicted octanol–water partition coefficient (Wildman–Crippen LogP) is 5.27. The number of benzene rings is 2. The summed E-state index contributed by atoms with van der Waals surface area (Å²) in [6, 6.07) is 14.0. The largest absolute Gasteiger partial charge is 0.335 e. The number of urea groups is 1. The second-order valence-electron chi connectivity index (χ2n) is 8.67. The third-order valence-corrected chi connectivity index (χ3v) is 6.26. The van der Waals surface area contributed by atoms with Gasteiger partial charge in [0.05, 0.1) is 6.54 Å². The molecule has 32 heavy (non-hydrogen) atoms. The van der Waals surface area contributed by atoms with Crippen molar-refractivity contribution in [3.8, 4) is 0 Å². The van der Waals surface area contributed by atoms with Crippen molar-refractivity contribution in [1.82, 2.24) is 15.2 Å². The lowest BCUT2D eigenvalue weighted by Gasteiger charge is -2.28. The number of rotatable bonds is 6. The molecule has 0 saturated heterocycles. The van der Waals surface area contributed by atoms with Gasteiger partial charge in [0.2, 0.25) is 0 Å². The molecular formula is C26H30FN3O2. The molecule has 0 atom stereocenters. The third-order valence-electron chi connectivity index (χ3n) is 6.26. The summed E-state index contributed by atoms with van der Waals surface area (Å²) in [6.07, 6.45) is 6.31. The van der Waals surface area contributed by atoms with Crippen LogP contribution in [0.2, 0.25) is 0 Å². The van der Waals surface area contributed by atoms with Gasteiger partial charge in [-0.25, -0.2) is 9.18 Å². The Balaban J connectivity index is 1.61. The van der Waals surface area contributed by atoms with Gasteiger partial charge in [0.25, 0.3) is 5.56 Å². The maximum Gasteiger partial charge on any atom is 0.318 e. The SMILES string of the molecule is CCc1ccc2[nH]c(=O)c(CN(Cc3ccc(F)cc3)C(=O)NC3CCCCC3)cc2c1. The fraction of sp³-hybridized carbons (Fsp3) is 0.385. The zero-order valence-electron chi connectivity index (χ0n) is 18.5. The van der Waals surface area contributed by atoms with E-state index in [0.29, 0.717) is 12.1 Å². The van der Waals surface area contributed by atoms with Crippen LogP contribution in [0.5, 0.6) is 0 Å². The lowest BCUT2D eigenvalue weighted by molar-refractivity contribution is 0.184. The molecular weight excluding hydrogens is 405 g/mol. The Kier molecular flexibility index (Phi) is 6.88. The van der Waals surface area contributed by atoms with Crippen molar-refractivity contribution in [3.63, 3.8) is 0 Å². The Morgan fingerprint density at radius 3 is 2.47 bits per heavy atom. The lowest BCUT2D eigenvalue weighted by atomic mass is 9.96. The van der Waals surface area contributed by atoms with Crippen LogP contribution in [0.3, 0.4) is 0 Å². The molecule has 1 aliphatic carbocycles. The molecule has 1 saturated carbocycles. The first kappa shape index (κ1) is 22.1. The molecule has 0 radical (unpaired) electrons. The first-order valence-corrected chi connectivity index (χ1v) is 11.5. The zero-order valence-corrected chi connectivity index (χ0v) is 18.5. The number of carbonyl (C=O) groups excluding carboxylic acids is 1. The van der Waals surface area contributed by atoms with Crippen LogP contribution in [0.4, 0.5) is 9.18 Å². The topological polar surface area (TPSA) is 65.2 Å². The maximum atomic E-state index is 13.4. The summed E-state index contributed by atoms with van der Waals surface area (Å²) in [4.78, 5) is 30.5. The minimum Gasteiger partial charge on any atom is -0.335 e. The number of nitrogens with zero attached hydrogens (tertiary/aromatic N) is 1. The van der Waals surface area contributed by atoms with Crippen molar-refractivity contribution >= 4 is 16.9 Å². The molecule has 0 spiro atoms. The van der Waals surface area contributed by atoms with Crippen LogP contribution in [0, 0.1) is 5.82 Å². The maximum absolute atomic E-state index is 13.4. The molecule has 0 unspecified atom stereocenters. The molecule has 2 N–H and O–H groups in total. The van der Waals surface area contributed by atoms with Crippen molar-refractivity contribution in [2.24, 2.45) is 0 Å². The molecule has 6 heteroatoms. The van der Waals surface area contributed by atoms with E-state index >= 15 is 0 Å². The van der Waals surface area contributed by atoms with E-state index in [-0.39, 0.29) is 30.0 Å². The van der Waals surface area contributed by atoms with Crippen molar-refractivity contribution in [1.29, 1.82) is 0 Å². The van der Waals surface area contributed by atoms with Crippen LogP contribution >= 0.6 is 0 Å². The molecule has 0 bridgehead atoms. The Bertz CT molecular complexity index is 1130. The Morgan fingerprint density at radius 1 is 1.03 bits per heavy atom. The van der Waals surface area contributed by atoms with E-state index in [1.54, 1.807) is 17.0 Å². The number of carbonyl (C=O) groups is 1. The van der Waals surface area contributed by atoms with E-state index in [1.165, 1.54) is 24.1 Å². The van der Waals surface area contributed by atoms with E-state index in [9.17, 15) is 14.0 Å². The van der Waals surface area contributed by atoms with Crippen LogP contribution in [-0.2, 0) is 19.5 Å². The molecule has 0 aliphatic heterocycles. The number of H-pyrrole nitrogens is 1. The Morgan fingerprint density at radius 2 is 1.75 bits per heavy atom. The van der Waals surface area contributed by atoms with Crippen molar-refractivity contribution in [2.75, 3.05) is 0 Å². The highest BCUT2D eigenvalue weighted by molar-refractivity contribution is 5.80. The second-order valence-corrected chi connectivity index (χ2v) is 8.67. The first-order chi connectivity index (χ1) is 15.5. The quantitative estimate of drug-likeness (QED) is 0.554. The molecule has 1 fully saturated rings. The van der Waals surface area contributed by atoms with E-state index in [2.05, 4.69) is 23.3 Å². The Hall–Kier alpha value is -3.15. The monoisotopic (exact) mass is 435 g/mol. The second kappa shape index (κ2) is 9.98. The highest BCUT2D eigenvalue weighted by atomic mass is 19.1. The molecule has 5 nitrogen and oxygen atoms in total. The van der Waals surface area contributed by atoms with Crippen molar-refractivity contribution in [3.05, 3.63) is 81.4 Å². The predicted molar refractivity (Wildman–Crippen MR) is 125 cm³/mol. The number of amides is 2. The van der Waals surface area contributed by atoms with Gasteiger partial charge >= 0.3 is 6.03 Å². The van der Waals surface area contributed by atoms with Crippen molar-refractivity contribution < 1.29 is 9.18 Å². The molecule has 2 amide bonds. The fourth-order valence-corrected chi connectivity index (χ4v) is 4.37. The van der Waals surface area contributed by atoms with Gasteiger partial charge in [-0.1, -0.05) is 44.4 Å². The van der Waals surface area contributed by atoms with Gasteiger partial charge < -0.3 is 15.2 Å². The van der Waals surface area contributed by atoms with Crippen LogP contribution in [0.25, 0.3) is 10.9 Å². The summed E-state index contributed by atoms with van der Waals surface area (Å²) in [6.45, 7) is 2.57. The number of hydrogen-bond donors (Lipinski definition) is 2. The molecule has 1 heterocycles. The first-order valence-electron chi connectivity index (χ1n) is 11.5. The summed E-state index contributed by atoms with van der Waals surface area (Å²) in [5, 5.41) is 4.10. The molecule has 3 aromatic rings. The number of nitrogens with one attached hydrogen (secondary N) is 2. The minimum atomic E-state index is -0.315. The molecule has 1 aliphatic rings. The van der Waals surface area contributed by atoms with Gasteiger partial charge in [-0.15, -0.1) is 0 Å². The van der Waals surface area contributed by atoms with E-state index in [1.807, 2.05) is 18.2 Å². The van der Waals surface area contributed by atoms with Crippen molar-refractivity contribution in [2.45, 2.75) is 64.6 Å². The molecule has 1 aromatic heterocycles. The van der Waals surface area contributed by atoms with Gasteiger partial charge in [-0.05, 0) is 66.1 Å². The van der Waals surface area contributed by atoms with Gasteiger partial charge in [0.15, 0.2) is 0 Å². The fourth-order valence-electron chi connectivity index (χ4n) is 4.37. The summed E-state index contributed by atoms with van der Waals surface area (Å²) in [5.74, 6) is -0.315. The number of hydrogen-bond acceptors (Lipinski definition) is 2. The van der Waals surface area contributed by atoms with E-state index < -0.39 is 0 Å². The number of halogens is 1. The van der Waals surface area contributed by atoms with Gasteiger partial charge in [-0.2, -0.15) is 0 Å². The lowest BCUT2D eigenvalue weighted by Crippen LogP contribution is -2.45. The van der Waals surface area contributed by atoms with Crippen LogP contribution < -0.4 is 10.9 Å². The van der Waals surface area contributed by atoms with Crippen LogP contribution in [-0.4, -0.2) is 22.0 Å². The molecule has 2 aromatic carbocycles. The Labute approximate surface area is 187 Å². The standard InChI is InChI=1S/C26H30FN3O2/c1-2-18-10-13-24-20(14-18)15-21(25(31)29-24)17-30(16-19-8-11-22(27)12-9-19)26(32)28-23-6-4-3-5-7-23/h8-15,23H,2-7,16-17H2,1H3,(H,28,32)(H,29,31). The third kappa shape index (κ3) is 5.36. The number of pyridine rings is 1. The minimum absolute atomic E-state index is 0.161. The number of aromatic amines is 1. The number of aromatic nitrogens is 1. The zero-order chi connectivity index (χ0) is 22.5. The summed E-state index contributed by atoms with van der Waals surface area (Å²) in [5.41, 5.74) is 3.13. The normalized spacial score (nSPS) is 14.4. The van der Waals surface area contributed by atoms with E-state index in [0.717, 1.165) is 48.6 Å². The van der Waals surface area contributed by atoms with Crippen LogP contribution in [0.15, 0.2) is 53.3 Å². The smallest absolute Gasteiger partial charge is 0.318 e.